The van der Waals surface area contributed by atoms with E-state index < -0.39 is 0 Å². The lowest BCUT2D eigenvalue weighted by molar-refractivity contribution is 0.0739. The smallest absolute Gasteiger partial charge is 0.257 e. The molecule has 1 saturated heterocycles. The average molecular weight is 328 g/mol. The fraction of sp³-hybridized carbons (Fsp3) is 0.316. The minimum atomic E-state index is -0.277. The highest BCUT2D eigenvalue weighted by Gasteiger charge is 2.25. The number of carbonyl (C=O) groups is 1. The van der Waals surface area contributed by atoms with Crippen molar-refractivity contribution in [1.29, 1.82) is 0 Å². The van der Waals surface area contributed by atoms with Gasteiger partial charge in [0.25, 0.3) is 5.91 Å². The van der Waals surface area contributed by atoms with Crippen LogP contribution in [-0.4, -0.2) is 37.0 Å². The van der Waals surface area contributed by atoms with Crippen LogP contribution < -0.4 is 10.1 Å². The maximum absolute atomic E-state index is 13.0. The van der Waals surface area contributed by atoms with E-state index in [1.165, 1.54) is 12.1 Å². The third-order valence-corrected chi connectivity index (χ3v) is 4.33. The first-order chi connectivity index (χ1) is 11.6. The Labute approximate surface area is 141 Å². The number of ether oxygens (including phenoxy) is 1. The minimum absolute atomic E-state index is 0.0431. The molecule has 1 heterocycles. The predicted molar refractivity (Wildman–Crippen MR) is 90.5 cm³/mol. The molecule has 0 bridgehead atoms. The number of amides is 1. The molecule has 1 N–H and O–H groups in total. The van der Waals surface area contributed by atoms with Crippen molar-refractivity contribution in [2.24, 2.45) is 0 Å². The Balaban J connectivity index is 1.72. The molecule has 0 aliphatic carbocycles. The lowest BCUT2D eigenvalue weighted by Crippen LogP contribution is -2.38. The molecule has 2 aromatic rings. The molecular formula is C19H21FN2O2. The molecule has 0 unspecified atom stereocenters. The summed E-state index contributed by atoms with van der Waals surface area (Å²) in [4.78, 5) is 14.6. The molecule has 126 valence electrons. The van der Waals surface area contributed by atoms with Crippen LogP contribution in [0.3, 0.4) is 0 Å². The summed E-state index contributed by atoms with van der Waals surface area (Å²) in [6.07, 6.45) is 0.959. The zero-order chi connectivity index (χ0) is 16.9. The standard InChI is InChI=1S/C19H21FN2O2/c1-22(16-10-11-21-12-16)19(23)17-4-2-3-5-18(17)24-13-14-6-8-15(20)9-7-14/h2-9,16,21H,10-13H2,1H3/t16-/m0/s1. The highest BCUT2D eigenvalue weighted by atomic mass is 19.1. The van der Waals surface area contributed by atoms with E-state index in [1.54, 1.807) is 29.2 Å². The van der Waals surface area contributed by atoms with Crippen LogP contribution in [-0.2, 0) is 6.61 Å². The van der Waals surface area contributed by atoms with Crippen molar-refractivity contribution >= 4 is 5.91 Å². The van der Waals surface area contributed by atoms with Crippen LogP contribution in [0.15, 0.2) is 48.5 Å². The van der Waals surface area contributed by atoms with Crippen molar-refractivity contribution < 1.29 is 13.9 Å². The Morgan fingerprint density at radius 1 is 1.25 bits per heavy atom. The molecule has 1 amide bonds. The Kier molecular flexibility index (Phi) is 5.11. The minimum Gasteiger partial charge on any atom is -0.488 e. The highest BCUT2D eigenvalue weighted by molar-refractivity contribution is 5.97. The summed E-state index contributed by atoms with van der Waals surface area (Å²) < 4.78 is 18.8. The zero-order valence-electron chi connectivity index (χ0n) is 13.7. The van der Waals surface area contributed by atoms with Gasteiger partial charge in [0.05, 0.1) is 5.56 Å². The van der Waals surface area contributed by atoms with E-state index >= 15 is 0 Å². The van der Waals surface area contributed by atoms with E-state index in [2.05, 4.69) is 5.32 Å². The summed E-state index contributed by atoms with van der Waals surface area (Å²) >= 11 is 0. The first kappa shape index (κ1) is 16.5. The summed E-state index contributed by atoms with van der Waals surface area (Å²) in [5, 5.41) is 3.27. The van der Waals surface area contributed by atoms with Crippen molar-refractivity contribution in [1.82, 2.24) is 10.2 Å². The molecule has 4 nitrogen and oxygen atoms in total. The van der Waals surface area contributed by atoms with Crippen LogP contribution in [0.1, 0.15) is 22.3 Å². The molecule has 5 heteroatoms. The second-order valence-corrected chi connectivity index (χ2v) is 5.97. The number of rotatable bonds is 5. The molecule has 1 aliphatic rings. The largest absolute Gasteiger partial charge is 0.488 e. The van der Waals surface area contributed by atoms with Crippen molar-refractivity contribution in [2.75, 3.05) is 20.1 Å². The van der Waals surface area contributed by atoms with Crippen molar-refractivity contribution in [3.05, 3.63) is 65.5 Å². The zero-order valence-corrected chi connectivity index (χ0v) is 13.7. The first-order valence-corrected chi connectivity index (χ1v) is 8.09. The van der Waals surface area contributed by atoms with Gasteiger partial charge in [-0.05, 0) is 42.8 Å². The number of carbonyl (C=O) groups excluding carboxylic acids is 1. The van der Waals surface area contributed by atoms with Gasteiger partial charge in [0.1, 0.15) is 18.2 Å². The lowest BCUT2D eigenvalue weighted by atomic mass is 10.1. The topological polar surface area (TPSA) is 41.6 Å². The number of nitrogens with zero attached hydrogens (tertiary/aromatic N) is 1. The van der Waals surface area contributed by atoms with Gasteiger partial charge in [-0.15, -0.1) is 0 Å². The molecule has 1 atom stereocenters. The number of nitrogens with one attached hydrogen (secondary N) is 1. The summed E-state index contributed by atoms with van der Waals surface area (Å²) in [7, 11) is 1.83. The van der Waals surface area contributed by atoms with Gasteiger partial charge in [0.15, 0.2) is 0 Å². The molecular weight excluding hydrogens is 307 g/mol. The second-order valence-electron chi connectivity index (χ2n) is 5.97. The van der Waals surface area contributed by atoms with Crippen LogP contribution in [0.4, 0.5) is 4.39 Å². The van der Waals surface area contributed by atoms with E-state index in [4.69, 9.17) is 4.74 Å². The molecule has 1 fully saturated rings. The fourth-order valence-corrected chi connectivity index (χ4v) is 2.84. The van der Waals surface area contributed by atoms with Gasteiger partial charge in [-0.1, -0.05) is 24.3 Å². The second kappa shape index (κ2) is 7.45. The molecule has 0 spiro atoms. The number of benzene rings is 2. The Bertz CT molecular complexity index is 697. The van der Waals surface area contributed by atoms with Gasteiger partial charge in [-0.25, -0.2) is 4.39 Å². The summed E-state index contributed by atoms with van der Waals surface area (Å²) in [6.45, 7) is 2.05. The van der Waals surface area contributed by atoms with Crippen molar-refractivity contribution in [3.63, 3.8) is 0 Å². The number of hydrogen-bond acceptors (Lipinski definition) is 3. The van der Waals surface area contributed by atoms with Crippen LogP contribution in [0.25, 0.3) is 0 Å². The normalized spacial score (nSPS) is 16.8. The first-order valence-electron chi connectivity index (χ1n) is 8.09. The third kappa shape index (κ3) is 3.74. The average Bonchev–Trinajstić information content (AvgIpc) is 3.15. The lowest BCUT2D eigenvalue weighted by Gasteiger charge is -2.24. The number of para-hydroxylation sites is 1. The van der Waals surface area contributed by atoms with Crippen molar-refractivity contribution in [3.8, 4) is 5.75 Å². The summed E-state index contributed by atoms with van der Waals surface area (Å²) in [5.74, 6) is 0.226. The van der Waals surface area contributed by atoms with Crippen LogP contribution in [0.2, 0.25) is 0 Å². The Hall–Kier alpha value is -2.40. The SMILES string of the molecule is CN(C(=O)c1ccccc1OCc1ccc(F)cc1)[C@H]1CCNC1. The Morgan fingerprint density at radius 2 is 2.00 bits per heavy atom. The van der Waals surface area contributed by atoms with Crippen LogP contribution >= 0.6 is 0 Å². The molecule has 1 aliphatic heterocycles. The van der Waals surface area contributed by atoms with E-state index in [1.807, 2.05) is 19.2 Å². The summed E-state index contributed by atoms with van der Waals surface area (Å²) in [5.41, 5.74) is 1.40. The van der Waals surface area contributed by atoms with E-state index in [-0.39, 0.29) is 17.8 Å². The maximum atomic E-state index is 13.0. The molecule has 2 aromatic carbocycles. The van der Waals surface area contributed by atoms with E-state index in [9.17, 15) is 9.18 Å². The molecule has 0 saturated carbocycles. The quantitative estimate of drug-likeness (QED) is 0.918. The van der Waals surface area contributed by atoms with Gasteiger partial charge >= 0.3 is 0 Å². The van der Waals surface area contributed by atoms with Gasteiger partial charge in [-0.3, -0.25) is 4.79 Å². The van der Waals surface area contributed by atoms with Gasteiger partial charge < -0.3 is 15.0 Å². The summed E-state index contributed by atoms with van der Waals surface area (Å²) in [6, 6.07) is 13.6. The molecule has 0 aromatic heterocycles. The molecule has 0 radical (unpaired) electrons. The van der Waals surface area contributed by atoms with Gasteiger partial charge in [-0.2, -0.15) is 0 Å². The number of likely N-dealkylation sites (N-methyl/N-ethyl adjacent to an activating group) is 1. The molecule has 24 heavy (non-hydrogen) atoms. The highest BCUT2D eigenvalue weighted by Crippen LogP contribution is 2.22. The number of halogens is 1. The van der Waals surface area contributed by atoms with Crippen molar-refractivity contribution in [2.45, 2.75) is 19.1 Å². The fourth-order valence-electron chi connectivity index (χ4n) is 2.84. The van der Waals surface area contributed by atoms with E-state index in [0.717, 1.165) is 25.1 Å². The predicted octanol–water partition coefficient (Wildman–Crippen LogP) is 2.84. The van der Waals surface area contributed by atoms with Gasteiger partial charge in [0.2, 0.25) is 0 Å². The van der Waals surface area contributed by atoms with E-state index in [0.29, 0.717) is 17.9 Å². The Morgan fingerprint density at radius 3 is 2.71 bits per heavy atom. The maximum Gasteiger partial charge on any atom is 0.257 e. The number of hydrogen-bond donors (Lipinski definition) is 1. The van der Waals surface area contributed by atoms with Gasteiger partial charge in [0, 0.05) is 19.6 Å². The molecule has 3 rings (SSSR count). The van der Waals surface area contributed by atoms with Crippen LogP contribution in [0, 0.1) is 5.82 Å². The monoisotopic (exact) mass is 328 g/mol. The third-order valence-electron chi connectivity index (χ3n) is 4.33. The van der Waals surface area contributed by atoms with Crippen LogP contribution in [0.5, 0.6) is 5.75 Å².